The zero-order valence-electron chi connectivity index (χ0n) is 21.9. The van der Waals surface area contributed by atoms with Crippen molar-refractivity contribution in [1.29, 1.82) is 0 Å². The van der Waals surface area contributed by atoms with Crippen molar-refractivity contribution in [3.8, 4) is 0 Å². The molecule has 3 aliphatic heterocycles. The maximum atomic E-state index is 13.6. The third-order valence-electron chi connectivity index (χ3n) is 7.31. The first kappa shape index (κ1) is 29.1. The number of aromatic nitrogens is 1. The molecule has 5 rings (SSSR count). The molecule has 9 nitrogen and oxygen atoms in total. The molecular formula is C27H24F6N7O2+. The number of aliphatic imine (C=N–C) groups is 2. The summed E-state index contributed by atoms with van der Waals surface area (Å²) >= 11 is 0. The van der Waals surface area contributed by atoms with E-state index in [1.165, 1.54) is 24.5 Å². The van der Waals surface area contributed by atoms with Crippen LogP contribution in [-0.4, -0.2) is 57.1 Å². The number of hydrogen-bond acceptors (Lipinski definition) is 6. The van der Waals surface area contributed by atoms with E-state index in [-0.39, 0.29) is 30.8 Å². The second kappa shape index (κ2) is 10.5. The fraction of sp³-hybridized carbons (Fsp3) is 0.296. The minimum Gasteiger partial charge on any atom is -0.330 e. The number of piperidine rings is 1. The Hall–Kier alpha value is -4.37. The number of nitrogens with one attached hydrogen (secondary N) is 1. The average molecular weight is 593 g/mol. The summed E-state index contributed by atoms with van der Waals surface area (Å²) in [7, 11) is 0. The number of amidine groups is 1. The molecule has 2 amide bonds. The summed E-state index contributed by atoms with van der Waals surface area (Å²) < 4.78 is 79.3. The van der Waals surface area contributed by atoms with E-state index in [1.54, 1.807) is 18.3 Å². The van der Waals surface area contributed by atoms with E-state index in [9.17, 15) is 35.9 Å². The maximum Gasteiger partial charge on any atom is 0.416 e. The van der Waals surface area contributed by atoms with Gasteiger partial charge in [-0.05, 0) is 49.2 Å². The van der Waals surface area contributed by atoms with Gasteiger partial charge in [-0.15, -0.1) is 4.59 Å². The minimum atomic E-state index is -4.60. The highest BCUT2D eigenvalue weighted by Gasteiger charge is 2.51. The lowest BCUT2D eigenvalue weighted by Crippen LogP contribution is -2.54. The number of amides is 2. The molecule has 42 heavy (non-hydrogen) atoms. The van der Waals surface area contributed by atoms with Crippen LogP contribution < -0.4 is 11.2 Å². The molecule has 3 aliphatic rings. The maximum absolute atomic E-state index is 13.6. The first-order valence-corrected chi connectivity index (χ1v) is 12.7. The van der Waals surface area contributed by atoms with Crippen LogP contribution in [0, 0.1) is 5.92 Å². The van der Waals surface area contributed by atoms with Crippen molar-refractivity contribution in [1.82, 2.24) is 9.88 Å². The zero-order valence-corrected chi connectivity index (χ0v) is 21.9. The van der Waals surface area contributed by atoms with Gasteiger partial charge in [0, 0.05) is 31.1 Å². The molecule has 1 aromatic carbocycles. The lowest BCUT2D eigenvalue weighted by atomic mass is 9.89. The molecule has 3 unspecified atom stereocenters. The largest absolute Gasteiger partial charge is 0.416 e. The molecule has 3 N–H and O–H groups in total. The van der Waals surface area contributed by atoms with Crippen molar-refractivity contribution in [3.05, 3.63) is 83.1 Å². The van der Waals surface area contributed by atoms with Gasteiger partial charge in [-0.25, -0.2) is 4.98 Å². The number of quaternary nitrogens is 1. The van der Waals surface area contributed by atoms with Crippen molar-refractivity contribution in [2.75, 3.05) is 11.9 Å². The van der Waals surface area contributed by atoms with Gasteiger partial charge in [0.1, 0.15) is 23.8 Å². The highest BCUT2D eigenvalue weighted by Crippen LogP contribution is 2.41. The minimum absolute atomic E-state index is 0.115. The van der Waals surface area contributed by atoms with Crippen LogP contribution in [-0.2, 0) is 11.0 Å². The van der Waals surface area contributed by atoms with E-state index in [0.29, 0.717) is 22.8 Å². The molecule has 0 saturated carbocycles. The van der Waals surface area contributed by atoms with E-state index in [4.69, 9.17) is 10.8 Å². The SMILES string of the molecule is CC(=O)N1CC(C2=C3C=NC=C[N+]3(N)C(c3ccc(C(=O)Nc4cc(C(F)(F)F)ccn4)cc3)=N2)CCC1C(F)(F)F. The topological polar surface area (TPSA) is 113 Å². The number of hydrogen-bond donors (Lipinski definition) is 2. The third-order valence-corrected chi connectivity index (χ3v) is 7.31. The van der Waals surface area contributed by atoms with Crippen LogP contribution in [0.15, 0.2) is 76.4 Å². The van der Waals surface area contributed by atoms with Crippen molar-refractivity contribution >= 4 is 29.7 Å². The summed E-state index contributed by atoms with van der Waals surface area (Å²) in [4.78, 5) is 38.2. The second-order valence-corrected chi connectivity index (χ2v) is 10.0. The van der Waals surface area contributed by atoms with Crippen molar-refractivity contribution in [2.24, 2.45) is 21.7 Å². The number of pyridine rings is 1. The van der Waals surface area contributed by atoms with Crippen LogP contribution in [0.1, 0.15) is 41.3 Å². The fourth-order valence-corrected chi connectivity index (χ4v) is 5.22. The molecule has 4 heterocycles. The third kappa shape index (κ3) is 5.44. The Labute approximate surface area is 235 Å². The van der Waals surface area contributed by atoms with Gasteiger partial charge in [-0.3, -0.25) is 14.6 Å². The average Bonchev–Trinajstić information content (AvgIpc) is 3.25. The Bertz CT molecular complexity index is 1550. The molecule has 3 atom stereocenters. The number of halogens is 6. The van der Waals surface area contributed by atoms with Gasteiger partial charge in [0.15, 0.2) is 0 Å². The van der Waals surface area contributed by atoms with Gasteiger partial charge in [-0.2, -0.15) is 37.2 Å². The van der Waals surface area contributed by atoms with Crippen molar-refractivity contribution in [2.45, 2.75) is 38.2 Å². The number of rotatable bonds is 4. The summed E-state index contributed by atoms with van der Waals surface area (Å²) in [5.74, 6) is 4.80. The van der Waals surface area contributed by atoms with Crippen molar-refractivity contribution < 1.29 is 40.5 Å². The molecule has 0 spiro atoms. The second-order valence-electron chi connectivity index (χ2n) is 10.0. The molecule has 1 saturated heterocycles. The number of allylic oxidation sites excluding steroid dienone is 1. The molecular weight excluding hydrogens is 568 g/mol. The number of fused-ring (bicyclic) bond motifs is 1. The number of nitrogens with zero attached hydrogens (tertiary/aromatic N) is 5. The molecule has 1 aromatic heterocycles. The van der Waals surface area contributed by atoms with Gasteiger partial charge < -0.3 is 10.2 Å². The van der Waals surface area contributed by atoms with Gasteiger partial charge in [-0.1, -0.05) is 0 Å². The van der Waals surface area contributed by atoms with Gasteiger partial charge >= 0.3 is 12.4 Å². The van der Waals surface area contributed by atoms with E-state index >= 15 is 0 Å². The fourth-order valence-electron chi connectivity index (χ4n) is 5.22. The Balaban J connectivity index is 1.40. The van der Waals surface area contributed by atoms with Gasteiger partial charge in [0.2, 0.25) is 11.6 Å². The standard InChI is InChI=1S/C27H23F6N7O2/c1-15(41)39-14-18(6-7-21(39)27(31,32)33)23-20-13-35-10-11-40(20,34)24(38-23)16-2-4-17(5-3-16)25(42)37-22-12-19(8-9-36-22)26(28,29)30/h2-5,8-13,18,21H,6-7,14,34H2,1H3/p+1. The first-order valence-electron chi connectivity index (χ1n) is 12.7. The summed E-state index contributed by atoms with van der Waals surface area (Å²) in [6.07, 6.45) is -3.93. The Morgan fingerprint density at radius 1 is 1.07 bits per heavy atom. The van der Waals surface area contributed by atoms with Crippen LogP contribution >= 0.6 is 0 Å². The van der Waals surface area contributed by atoms with Crippen LogP contribution in [0.4, 0.5) is 32.2 Å². The Morgan fingerprint density at radius 3 is 2.43 bits per heavy atom. The summed E-state index contributed by atoms with van der Waals surface area (Å²) in [5, 5.41) is 2.33. The number of carbonyl (C=O) groups is 2. The lowest BCUT2D eigenvalue weighted by Gasteiger charge is -2.39. The lowest BCUT2D eigenvalue weighted by molar-refractivity contribution is -0.750. The number of anilines is 1. The summed E-state index contributed by atoms with van der Waals surface area (Å²) in [6.45, 7) is 0.895. The molecule has 0 radical (unpaired) electrons. The quantitative estimate of drug-likeness (QED) is 0.303. The zero-order chi connectivity index (χ0) is 30.4. The molecule has 1 fully saturated rings. The first-order chi connectivity index (χ1) is 19.7. The number of likely N-dealkylation sites (tertiary alicyclic amines) is 1. The van der Waals surface area contributed by atoms with Crippen LogP contribution in [0.2, 0.25) is 0 Å². The molecule has 15 heteroatoms. The van der Waals surface area contributed by atoms with Crippen molar-refractivity contribution in [3.63, 3.8) is 0 Å². The normalized spacial score (nSPS) is 24.0. The number of carbonyl (C=O) groups excluding carboxylic acids is 2. The molecule has 0 aliphatic carbocycles. The monoisotopic (exact) mass is 592 g/mol. The van der Waals surface area contributed by atoms with E-state index in [1.807, 2.05) is 0 Å². The molecule has 2 aromatic rings. The molecule has 220 valence electrons. The van der Waals surface area contributed by atoms with Crippen LogP contribution in [0.3, 0.4) is 0 Å². The predicted octanol–water partition coefficient (Wildman–Crippen LogP) is 4.76. The van der Waals surface area contributed by atoms with Gasteiger partial charge in [0.25, 0.3) is 11.7 Å². The van der Waals surface area contributed by atoms with E-state index in [0.717, 1.165) is 30.2 Å². The number of nitrogens with two attached hydrogens (primary N) is 1. The molecule has 0 bridgehead atoms. The highest BCUT2D eigenvalue weighted by molar-refractivity contribution is 6.05. The smallest absolute Gasteiger partial charge is 0.330 e. The summed E-state index contributed by atoms with van der Waals surface area (Å²) in [5.41, 5.74) is 0.474. The number of alkyl halides is 6. The Morgan fingerprint density at radius 2 is 1.79 bits per heavy atom. The van der Waals surface area contributed by atoms with E-state index in [2.05, 4.69) is 15.3 Å². The summed E-state index contributed by atoms with van der Waals surface area (Å²) in [6, 6.07) is 5.57. The Kier molecular flexibility index (Phi) is 7.27. The van der Waals surface area contributed by atoms with Crippen LogP contribution in [0.5, 0.6) is 0 Å². The number of benzene rings is 1. The van der Waals surface area contributed by atoms with Gasteiger partial charge in [0.05, 0.1) is 23.5 Å². The predicted molar refractivity (Wildman–Crippen MR) is 139 cm³/mol. The van der Waals surface area contributed by atoms with E-state index < -0.39 is 46.3 Å². The van der Waals surface area contributed by atoms with Crippen LogP contribution in [0.25, 0.3) is 0 Å². The highest BCUT2D eigenvalue weighted by atomic mass is 19.4.